The number of carboxylic acid groups (broad SMARTS) is 1. The standard InChI is InChI=1S/C12H13N5O3/c18-11(19)2-1-5-14-12(20)9-3-4-10(15-6-9)17-8-13-7-16-17/h3-4,6-8H,1-2,5H2,(H,14,20)(H,18,19). The zero-order valence-electron chi connectivity index (χ0n) is 10.6. The molecule has 0 bridgehead atoms. The molecule has 2 heterocycles. The molecule has 8 nitrogen and oxygen atoms in total. The smallest absolute Gasteiger partial charge is 0.303 e. The fraction of sp³-hybridized carbons (Fsp3) is 0.250. The quantitative estimate of drug-likeness (QED) is 0.731. The fourth-order valence-electron chi connectivity index (χ4n) is 1.53. The van der Waals surface area contributed by atoms with E-state index in [0.717, 1.165) is 0 Å². The first kappa shape index (κ1) is 13.7. The Labute approximate surface area is 114 Å². The lowest BCUT2D eigenvalue weighted by molar-refractivity contribution is -0.137. The Balaban J connectivity index is 1.89. The van der Waals surface area contributed by atoms with Crippen molar-refractivity contribution in [2.45, 2.75) is 12.8 Å². The molecule has 104 valence electrons. The molecule has 0 saturated heterocycles. The highest BCUT2D eigenvalue weighted by molar-refractivity contribution is 5.93. The predicted molar refractivity (Wildman–Crippen MR) is 68.4 cm³/mol. The molecule has 0 radical (unpaired) electrons. The average Bonchev–Trinajstić information content (AvgIpc) is 2.97. The molecular weight excluding hydrogens is 262 g/mol. The monoisotopic (exact) mass is 275 g/mol. The first-order chi connectivity index (χ1) is 9.66. The molecule has 0 aliphatic heterocycles. The summed E-state index contributed by atoms with van der Waals surface area (Å²) in [5.74, 6) is -0.601. The van der Waals surface area contributed by atoms with Crippen LogP contribution in [0.15, 0.2) is 31.0 Å². The fourth-order valence-corrected chi connectivity index (χ4v) is 1.53. The minimum Gasteiger partial charge on any atom is -0.481 e. The van der Waals surface area contributed by atoms with Gasteiger partial charge in [-0.1, -0.05) is 0 Å². The number of rotatable bonds is 6. The van der Waals surface area contributed by atoms with E-state index < -0.39 is 5.97 Å². The van der Waals surface area contributed by atoms with E-state index in [9.17, 15) is 9.59 Å². The van der Waals surface area contributed by atoms with Gasteiger partial charge in [0.15, 0.2) is 5.82 Å². The highest BCUT2D eigenvalue weighted by atomic mass is 16.4. The lowest BCUT2D eigenvalue weighted by Gasteiger charge is -2.05. The first-order valence-corrected chi connectivity index (χ1v) is 5.98. The number of nitrogens with one attached hydrogen (secondary N) is 1. The lowest BCUT2D eigenvalue weighted by atomic mass is 10.2. The number of pyridine rings is 1. The molecule has 1 amide bonds. The number of aliphatic carboxylic acids is 1. The van der Waals surface area contributed by atoms with Crippen molar-refractivity contribution in [3.8, 4) is 5.82 Å². The maximum absolute atomic E-state index is 11.8. The van der Waals surface area contributed by atoms with Crippen LogP contribution in [0.4, 0.5) is 0 Å². The summed E-state index contributed by atoms with van der Waals surface area (Å²) in [6.07, 6.45) is 4.76. The summed E-state index contributed by atoms with van der Waals surface area (Å²) in [7, 11) is 0. The van der Waals surface area contributed by atoms with Crippen LogP contribution in [0.2, 0.25) is 0 Å². The summed E-state index contributed by atoms with van der Waals surface area (Å²) in [4.78, 5) is 30.0. The third-order valence-corrected chi connectivity index (χ3v) is 2.52. The largest absolute Gasteiger partial charge is 0.481 e. The Morgan fingerprint density at radius 1 is 1.35 bits per heavy atom. The van der Waals surface area contributed by atoms with E-state index in [0.29, 0.717) is 24.3 Å². The van der Waals surface area contributed by atoms with E-state index in [4.69, 9.17) is 5.11 Å². The number of hydrogen-bond donors (Lipinski definition) is 2. The lowest BCUT2D eigenvalue weighted by Crippen LogP contribution is -2.25. The summed E-state index contributed by atoms with van der Waals surface area (Å²) in [6.45, 7) is 0.315. The summed E-state index contributed by atoms with van der Waals surface area (Å²) in [6, 6.07) is 3.28. The highest BCUT2D eigenvalue weighted by Gasteiger charge is 2.07. The average molecular weight is 275 g/mol. The van der Waals surface area contributed by atoms with E-state index in [-0.39, 0.29) is 12.3 Å². The van der Waals surface area contributed by atoms with E-state index in [1.165, 1.54) is 23.5 Å². The van der Waals surface area contributed by atoms with Crippen LogP contribution < -0.4 is 5.32 Å². The minimum absolute atomic E-state index is 0.0315. The van der Waals surface area contributed by atoms with E-state index in [2.05, 4.69) is 20.4 Å². The normalized spacial score (nSPS) is 10.2. The van der Waals surface area contributed by atoms with Crippen LogP contribution in [0.5, 0.6) is 0 Å². The van der Waals surface area contributed by atoms with Crippen molar-refractivity contribution in [2.75, 3.05) is 6.54 Å². The van der Waals surface area contributed by atoms with Crippen molar-refractivity contribution in [1.82, 2.24) is 25.1 Å². The molecule has 8 heteroatoms. The van der Waals surface area contributed by atoms with Crippen molar-refractivity contribution in [3.63, 3.8) is 0 Å². The van der Waals surface area contributed by atoms with Gasteiger partial charge in [-0.25, -0.2) is 14.6 Å². The van der Waals surface area contributed by atoms with Crippen molar-refractivity contribution in [3.05, 3.63) is 36.5 Å². The second-order valence-electron chi connectivity index (χ2n) is 4.00. The molecule has 0 atom stereocenters. The molecule has 0 aromatic carbocycles. The number of hydrogen-bond acceptors (Lipinski definition) is 5. The topological polar surface area (TPSA) is 110 Å². The number of carbonyl (C=O) groups is 2. The Bertz CT molecular complexity index is 580. The van der Waals surface area contributed by atoms with Crippen LogP contribution in [-0.4, -0.2) is 43.3 Å². The molecule has 0 fully saturated rings. The molecule has 0 unspecified atom stereocenters. The number of carbonyl (C=O) groups excluding carboxylic acids is 1. The number of nitrogens with zero attached hydrogens (tertiary/aromatic N) is 4. The number of carboxylic acids is 1. The second-order valence-corrected chi connectivity index (χ2v) is 4.00. The molecular formula is C12H13N5O3. The van der Waals surface area contributed by atoms with E-state index in [1.54, 1.807) is 12.1 Å². The summed E-state index contributed by atoms with van der Waals surface area (Å²) < 4.78 is 1.48. The Morgan fingerprint density at radius 3 is 2.80 bits per heavy atom. The van der Waals surface area contributed by atoms with Gasteiger partial charge in [-0.3, -0.25) is 9.59 Å². The van der Waals surface area contributed by atoms with Gasteiger partial charge in [-0.2, -0.15) is 5.10 Å². The van der Waals surface area contributed by atoms with Crippen LogP contribution in [0.25, 0.3) is 5.82 Å². The second kappa shape index (κ2) is 6.41. The van der Waals surface area contributed by atoms with Crippen molar-refractivity contribution in [2.24, 2.45) is 0 Å². The SMILES string of the molecule is O=C(O)CCCNC(=O)c1ccc(-n2cncn2)nc1. The third-order valence-electron chi connectivity index (χ3n) is 2.52. The first-order valence-electron chi connectivity index (χ1n) is 5.98. The Hall–Kier alpha value is -2.77. The maximum Gasteiger partial charge on any atom is 0.303 e. The summed E-state index contributed by atoms with van der Waals surface area (Å²) in [5.41, 5.74) is 0.407. The van der Waals surface area contributed by atoms with Gasteiger partial charge in [0, 0.05) is 19.2 Å². The Kier molecular flexibility index (Phi) is 4.38. The Morgan fingerprint density at radius 2 is 2.20 bits per heavy atom. The zero-order chi connectivity index (χ0) is 14.4. The molecule has 2 N–H and O–H groups in total. The molecule has 20 heavy (non-hydrogen) atoms. The van der Waals surface area contributed by atoms with Crippen LogP contribution >= 0.6 is 0 Å². The molecule has 2 aromatic heterocycles. The maximum atomic E-state index is 11.8. The predicted octanol–water partition coefficient (Wildman–Crippen LogP) is 0.257. The van der Waals surface area contributed by atoms with E-state index >= 15 is 0 Å². The minimum atomic E-state index is -0.877. The molecule has 0 saturated carbocycles. The summed E-state index contributed by atoms with van der Waals surface area (Å²) >= 11 is 0. The third kappa shape index (κ3) is 3.61. The molecule has 0 aliphatic rings. The highest BCUT2D eigenvalue weighted by Crippen LogP contribution is 2.04. The zero-order valence-corrected chi connectivity index (χ0v) is 10.6. The molecule has 0 spiro atoms. The van der Waals surface area contributed by atoms with Crippen LogP contribution in [-0.2, 0) is 4.79 Å². The van der Waals surface area contributed by atoms with Gasteiger partial charge < -0.3 is 10.4 Å². The van der Waals surface area contributed by atoms with E-state index in [1.807, 2.05) is 0 Å². The number of amides is 1. The van der Waals surface area contributed by atoms with Crippen LogP contribution in [0, 0.1) is 0 Å². The number of aromatic nitrogens is 4. The van der Waals surface area contributed by atoms with Gasteiger partial charge in [0.2, 0.25) is 0 Å². The van der Waals surface area contributed by atoms with Gasteiger partial charge >= 0.3 is 5.97 Å². The van der Waals surface area contributed by atoms with Crippen LogP contribution in [0.3, 0.4) is 0 Å². The van der Waals surface area contributed by atoms with Gasteiger partial charge in [0.25, 0.3) is 5.91 Å². The van der Waals surface area contributed by atoms with Crippen molar-refractivity contribution < 1.29 is 14.7 Å². The van der Waals surface area contributed by atoms with Gasteiger partial charge in [0.1, 0.15) is 12.7 Å². The molecule has 0 aliphatic carbocycles. The van der Waals surface area contributed by atoms with Crippen molar-refractivity contribution >= 4 is 11.9 Å². The van der Waals surface area contributed by atoms with Crippen molar-refractivity contribution in [1.29, 1.82) is 0 Å². The molecule has 2 rings (SSSR count). The summed E-state index contributed by atoms with van der Waals surface area (Å²) in [5, 5.41) is 15.0. The van der Waals surface area contributed by atoms with Gasteiger partial charge in [-0.05, 0) is 18.6 Å². The van der Waals surface area contributed by atoms with Gasteiger partial charge in [0.05, 0.1) is 5.56 Å². The van der Waals surface area contributed by atoms with Gasteiger partial charge in [-0.15, -0.1) is 0 Å². The molecule has 2 aromatic rings. The van der Waals surface area contributed by atoms with Crippen LogP contribution in [0.1, 0.15) is 23.2 Å².